The molecule has 0 aliphatic carbocycles. The van der Waals surface area contributed by atoms with E-state index in [1.807, 2.05) is 36.4 Å². The third kappa shape index (κ3) is 5.12. The third-order valence-electron chi connectivity index (χ3n) is 4.77. The molecule has 0 aliphatic rings. The van der Waals surface area contributed by atoms with E-state index < -0.39 is 0 Å². The van der Waals surface area contributed by atoms with Gasteiger partial charge in [0.25, 0.3) is 0 Å². The van der Waals surface area contributed by atoms with Gasteiger partial charge in [0.1, 0.15) is 6.61 Å². The normalized spacial score (nSPS) is 10.8. The van der Waals surface area contributed by atoms with Gasteiger partial charge in [-0.05, 0) is 35.4 Å². The van der Waals surface area contributed by atoms with Gasteiger partial charge in [0.05, 0.1) is 24.8 Å². The first kappa shape index (κ1) is 22.8. The van der Waals surface area contributed by atoms with Crippen molar-refractivity contribution in [3.05, 3.63) is 58.0 Å². The van der Waals surface area contributed by atoms with Crippen LogP contribution in [0.4, 0.5) is 0 Å². The molecule has 7 nitrogen and oxygen atoms in total. The number of ether oxygens (including phenoxy) is 3. The highest BCUT2D eigenvalue weighted by Gasteiger charge is 2.10. The molecule has 0 unspecified atom stereocenters. The van der Waals surface area contributed by atoms with Crippen LogP contribution in [0.25, 0.3) is 11.0 Å². The Morgan fingerprint density at radius 3 is 2.38 bits per heavy atom. The summed E-state index contributed by atoms with van der Waals surface area (Å²) in [6.45, 7) is 2.59. The SMILES string of the molecule is COCCNCc1ccc(OCc2ccc3c(c2)n(C)c(=O)n3C)c(OC)c1.[Cl-]. The molecule has 29 heavy (non-hydrogen) atoms. The summed E-state index contributed by atoms with van der Waals surface area (Å²) in [6, 6.07) is 11.8. The van der Waals surface area contributed by atoms with Gasteiger partial charge >= 0.3 is 5.69 Å². The van der Waals surface area contributed by atoms with Gasteiger partial charge in [0.15, 0.2) is 11.5 Å². The highest BCUT2D eigenvalue weighted by atomic mass is 35.5. The standard InChI is InChI=1S/C21H27N3O4.ClH/c1-23-17-7-5-16(11-18(17)24(2)21(23)25)14-28-19-8-6-15(12-20(19)27-4)13-22-9-10-26-3;/h5-8,11-12,22H,9-10,13-14H2,1-4H3;1H/p-1. The Labute approximate surface area is 176 Å². The minimum Gasteiger partial charge on any atom is -1.00 e. The largest absolute Gasteiger partial charge is 1.00 e. The molecule has 8 heteroatoms. The fourth-order valence-electron chi connectivity index (χ4n) is 3.15. The van der Waals surface area contributed by atoms with Crippen LogP contribution in [0.1, 0.15) is 11.1 Å². The number of hydrogen-bond donors (Lipinski definition) is 1. The Hall–Kier alpha value is -2.48. The molecular weight excluding hydrogens is 394 g/mol. The molecule has 0 aliphatic heterocycles. The van der Waals surface area contributed by atoms with Crippen LogP contribution in [-0.4, -0.2) is 36.5 Å². The molecule has 0 fully saturated rings. The summed E-state index contributed by atoms with van der Waals surface area (Å²) in [5.74, 6) is 1.38. The third-order valence-corrected chi connectivity index (χ3v) is 4.77. The first-order valence-corrected chi connectivity index (χ1v) is 9.19. The lowest BCUT2D eigenvalue weighted by molar-refractivity contribution is -0.00000681. The van der Waals surface area contributed by atoms with E-state index in [9.17, 15) is 4.79 Å². The maximum absolute atomic E-state index is 12.1. The van der Waals surface area contributed by atoms with E-state index in [4.69, 9.17) is 14.2 Å². The van der Waals surface area contributed by atoms with Gasteiger partial charge in [-0.3, -0.25) is 9.13 Å². The van der Waals surface area contributed by atoms with Crippen LogP contribution in [0, 0.1) is 0 Å². The lowest BCUT2D eigenvalue weighted by Crippen LogP contribution is -3.00. The number of aryl methyl sites for hydroxylation is 2. The monoisotopic (exact) mass is 420 g/mol. The molecule has 158 valence electrons. The van der Waals surface area contributed by atoms with Crippen molar-refractivity contribution in [2.45, 2.75) is 13.2 Å². The summed E-state index contributed by atoms with van der Waals surface area (Å²) in [5, 5.41) is 3.31. The number of nitrogens with zero attached hydrogens (tertiary/aromatic N) is 2. The van der Waals surface area contributed by atoms with Gasteiger partial charge in [-0.1, -0.05) is 12.1 Å². The van der Waals surface area contributed by atoms with Crippen LogP contribution < -0.4 is 32.9 Å². The molecule has 0 saturated carbocycles. The maximum Gasteiger partial charge on any atom is 0.328 e. The summed E-state index contributed by atoms with van der Waals surface area (Å²) >= 11 is 0. The molecule has 1 N–H and O–H groups in total. The van der Waals surface area contributed by atoms with Gasteiger partial charge in [-0.15, -0.1) is 0 Å². The van der Waals surface area contributed by atoms with Crippen molar-refractivity contribution in [3.63, 3.8) is 0 Å². The summed E-state index contributed by atoms with van der Waals surface area (Å²) < 4.78 is 19.8. The van der Waals surface area contributed by atoms with Crippen molar-refractivity contribution in [2.75, 3.05) is 27.4 Å². The van der Waals surface area contributed by atoms with Crippen LogP contribution in [0.3, 0.4) is 0 Å². The number of fused-ring (bicyclic) bond motifs is 1. The van der Waals surface area contributed by atoms with Crippen LogP contribution in [0.5, 0.6) is 11.5 Å². The molecular formula is C21H27ClN3O4-. The molecule has 0 spiro atoms. The predicted octanol–water partition coefficient (Wildman–Crippen LogP) is -0.795. The predicted molar refractivity (Wildman–Crippen MR) is 109 cm³/mol. The van der Waals surface area contributed by atoms with Crippen LogP contribution in [0.2, 0.25) is 0 Å². The number of rotatable bonds is 9. The average Bonchev–Trinajstić information content (AvgIpc) is 2.93. The number of aromatic nitrogens is 2. The Bertz CT molecular complexity index is 1010. The van der Waals surface area contributed by atoms with Crippen molar-refractivity contribution in [2.24, 2.45) is 14.1 Å². The van der Waals surface area contributed by atoms with E-state index in [1.54, 1.807) is 37.4 Å². The number of benzene rings is 2. The van der Waals surface area contributed by atoms with Crippen molar-refractivity contribution < 1.29 is 26.6 Å². The summed E-state index contributed by atoms with van der Waals surface area (Å²) in [4.78, 5) is 12.1. The number of methoxy groups -OCH3 is 2. The van der Waals surface area contributed by atoms with Crippen LogP contribution in [0.15, 0.2) is 41.2 Å². The fraction of sp³-hybridized carbons (Fsp3) is 0.381. The molecule has 0 amide bonds. The first-order valence-electron chi connectivity index (χ1n) is 9.19. The van der Waals surface area contributed by atoms with Crippen molar-refractivity contribution in [3.8, 4) is 11.5 Å². The smallest absolute Gasteiger partial charge is 0.328 e. The van der Waals surface area contributed by atoms with Gasteiger partial charge in [0.2, 0.25) is 0 Å². The van der Waals surface area contributed by atoms with Crippen LogP contribution in [-0.2, 0) is 32.0 Å². The van der Waals surface area contributed by atoms with E-state index in [0.717, 1.165) is 35.2 Å². The van der Waals surface area contributed by atoms with E-state index >= 15 is 0 Å². The summed E-state index contributed by atoms with van der Waals surface area (Å²) in [7, 11) is 6.87. The second-order valence-corrected chi connectivity index (χ2v) is 6.67. The molecule has 0 atom stereocenters. The highest BCUT2D eigenvalue weighted by Crippen LogP contribution is 2.29. The Kier molecular flexibility index (Phi) is 8.13. The Balaban J connectivity index is 0.00000300. The summed E-state index contributed by atoms with van der Waals surface area (Å²) in [5.41, 5.74) is 3.85. The zero-order chi connectivity index (χ0) is 20.1. The minimum absolute atomic E-state index is 0. The van der Waals surface area contributed by atoms with Crippen LogP contribution >= 0.6 is 0 Å². The second kappa shape index (κ2) is 10.3. The lowest BCUT2D eigenvalue weighted by atomic mass is 10.2. The molecule has 3 aromatic rings. The zero-order valence-electron chi connectivity index (χ0n) is 17.2. The van der Waals surface area contributed by atoms with E-state index in [0.29, 0.717) is 24.7 Å². The number of hydrogen-bond acceptors (Lipinski definition) is 5. The molecule has 0 radical (unpaired) electrons. The molecule has 1 aromatic heterocycles. The number of halogens is 1. The van der Waals surface area contributed by atoms with E-state index in [-0.39, 0.29) is 18.1 Å². The molecule has 1 heterocycles. The van der Waals surface area contributed by atoms with E-state index in [2.05, 4.69) is 5.32 Å². The Morgan fingerprint density at radius 1 is 0.931 bits per heavy atom. The van der Waals surface area contributed by atoms with Crippen molar-refractivity contribution in [1.29, 1.82) is 0 Å². The number of imidazole rings is 1. The second-order valence-electron chi connectivity index (χ2n) is 6.67. The van der Waals surface area contributed by atoms with Gasteiger partial charge in [-0.2, -0.15) is 0 Å². The average molecular weight is 421 g/mol. The van der Waals surface area contributed by atoms with Gasteiger partial charge in [0, 0.05) is 34.3 Å². The molecule has 2 aromatic carbocycles. The zero-order valence-corrected chi connectivity index (χ0v) is 18.0. The highest BCUT2D eigenvalue weighted by molar-refractivity contribution is 5.76. The number of nitrogens with one attached hydrogen (secondary N) is 1. The van der Waals surface area contributed by atoms with Gasteiger partial charge in [-0.25, -0.2) is 4.79 Å². The molecule has 3 rings (SSSR count). The maximum atomic E-state index is 12.1. The minimum atomic E-state index is -0.0376. The first-order chi connectivity index (χ1) is 13.5. The van der Waals surface area contributed by atoms with Crippen molar-refractivity contribution >= 4 is 11.0 Å². The lowest BCUT2D eigenvalue weighted by Gasteiger charge is -2.13. The topological polar surface area (TPSA) is 66.7 Å². The van der Waals surface area contributed by atoms with E-state index in [1.165, 1.54) is 0 Å². The van der Waals surface area contributed by atoms with Crippen molar-refractivity contribution in [1.82, 2.24) is 14.5 Å². The molecule has 0 saturated heterocycles. The summed E-state index contributed by atoms with van der Waals surface area (Å²) in [6.07, 6.45) is 0. The quantitative estimate of drug-likeness (QED) is 0.459. The van der Waals surface area contributed by atoms with Gasteiger partial charge < -0.3 is 31.9 Å². The fourth-order valence-corrected chi connectivity index (χ4v) is 3.15. The Morgan fingerprint density at radius 2 is 1.66 bits per heavy atom. The molecule has 0 bridgehead atoms.